The maximum atomic E-state index is 5.06. The van der Waals surface area contributed by atoms with Crippen molar-refractivity contribution in [3.8, 4) is 0 Å². The molecule has 0 saturated heterocycles. The first kappa shape index (κ1) is 12.1. The van der Waals surface area contributed by atoms with E-state index >= 15 is 0 Å². The van der Waals surface area contributed by atoms with Crippen LogP contribution in [-0.2, 0) is 26.3 Å². The zero-order valence-electron chi connectivity index (χ0n) is 6.14. The SMILES string of the molecule is CCOC(C)OCC.[Co]. The zero-order valence-corrected chi connectivity index (χ0v) is 7.18. The summed E-state index contributed by atoms with van der Waals surface area (Å²) in [6.07, 6.45) is -0.0370. The molecule has 0 saturated carbocycles. The Kier molecular flexibility index (Phi) is 11.4. The van der Waals surface area contributed by atoms with Gasteiger partial charge in [-0.25, -0.2) is 0 Å². The number of hydrogen-bond donors (Lipinski definition) is 0. The van der Waals surface area contributed by atoms with Gasteiger partial charge in [0, 0.05) is 30.0 Å². The van der Waals surface area contributed by atoms with Crippen LogP contribution in [-0.4, -0.2) is 19.5 Å². The van der Waals surface area contributed by atoms with Gasteiger partial charge in [0.05, 0.1) is 0 Å². The van der Waals surface area contributed by atoms with Crippen LogP contribution >= 0.6 is 0 Å². The fourth-order valence-corrected chi connectivity index (χ4v) is 0.518. The molecule has 0 aromatic heterocycles. The van der Waals surface area contributed by atoms with Crippen LogP contribution < -0.4 is 0 Å². The van der Waals surface area contributed by atoms with E-state index in [1.165, 1.54) is 0 Å². The molecule has 0 atom stereocenters. The van der Waals surface area contributed by atoms with Crippen LogP contribution in [0, 0.1) is 0 Å². The van der Waals surface area contributed by atoms with Crippen LogP contribution in [0.15, 0.2) is 0 Å². The molecule has 0 aromatic carbocycles. The Balaban J connectivity index is 0. The molecule has 0 rings (SSSR count). The van der Waals surface area contributed by atoms with Crippen molar-refractivity contribution in [3.63, 3.8) is 0 Å². The fraction of sp³-hybridized carbons (Fsp3) is 1.00. The molecule has 9 heavy (non-hydrogen) atoms. The Morgan fingerprint density at radius 3 is 1.67 bits per heavy atom. The summed E-state index contributed by atoms with van der Waals surface area (Å²) in [5.41, 5.74) is 0. The minimum absolute atomic E-state index is 0. The minimum Gasteiger partial charge on any atom is -0.353 e. The van der Waals surface area contributed by atoms with Crippen LogP contribution in [0.4, 0.5) is 0 Å². The summed E-state index contributed by atoms with van der Waals surface area (Å²) < 4.78 is 10.1. The molecule has 0 bridgehead atoms. The van der Waals surface area contributed by atoms with E-state index in [2.05, 4.69) is 0 Å². The maximum absolute atomic E-state index is 5.06. The maximum Gasteiger partial charge on any atom is 0.154 e. The first-order chi connectivity index (χ1) is 3.81. The fourth-order valence-electron chi connectivity index (χ4n) is 0.518. The normalized spacial score (nSPS) is 9.33. The number of ether oxygens (including phenoxy) is 2. The van der Waals surface area contributed by atoms with Gasteiger partial charge in [0.15, 0.2) is 6.29 Å². The first-order valence-corrected chi connectivity index (χ1v) is 3.04. The van der Waals surface area contributed by atoms with Gasteiger partial charge in [0.1, 0.15) is 0 Å². The van der Waals surface area contributed by atoms with Gasteiger partial charge in [-0.15, -0.1) is 0 Å². The van der Waals surface area contributed by atoms with Crippen molar-refractivity contribution in [1.82, 2.24) is 0 Å². The molecule has 0 aromatic rings. The second-order valence-electron chi connectivity index (χ2n) is 1.48. The van der Waals surface area contributed by atoms with Crippen molar-refractivity contribution in [1.29, 1.82) is 0 Å². The van der Waals surface area contributed by atoms with Crippen LogP contribution in [0.5, 0.6) is 0 Å². The van der Waals surface area contributed by atoms with Crippen molar-refractivity contribution < 1.29 is 26.3 Å². The van der Waals surface area contributed by atoms with Crippen LogP contribution in [0.25, 0.3) is 0 Å². The van der Waals surface area contributed by atoms with Crippen molar-refractivity contribution in [2.45, 2.75) is 27.1 Å². The van der Waals surface area contributed by atoms with E-state index in [1.807, 2.05) is 20.8 Å². The summed E-state index contributed by atoms with van der Waals surface area (Å²) in [6, 6.07) is 0. The smallest absolute Gasteiger partial charge is 0.154 e. The molecule has 0 aliphatic rings. The number of hydrogen-bond acceptors (Lipinski definition) is 2. The third kappa shape index (κ3) is 8.43. The summed E-state index contributed by atoms with van der Waals surface area (Å²) in [7, 11) is 0. The quantitative estimate of drug-likeness (QED) is 0.604. The predicted octanol–water partition coefficient (Wildman–Crippen LogP) is 1.40. The van der Waals surface area contributed by atoms with Gasteiger partial charge in [-0.05, 0) is 20.8 Å². The molecule has 0 unspecified atom stereocenters. The number of rotatable bonds is 4. The monoisotopic (exact) mass is 177 g/mol. The Morgan fingerprint density at radius 2 is 1.44 bits per heavy atom. The summed E-state index contributed by atoms with van der Waals surface area (Å²) in [6.45, 7) is 7.25. The van der Waals surface area contributed by atoms with E-state index in [9.17, 15) is 0 Å². The van der Waals surface area contributed by atoms with E-state index < -0.39 is 0 Å². The largest absolute Gasteiger partial charge is 0.353 e. The minimum atomic E-state index is -0.0370. The topological polar surface area (TPSA) is 18.5 Å². The molecule has 0 aliphatic heterocycles. The van der Waals surface area contributed by atoms with Gasteiger partial charge in [0.2, 0.25) is 0 Å². The average Bonchev–Trinajstić information content (AvgIpc) is 1.68. The Morgan fingerprint density at radius 1 is 1.11 bits per heavy atom. The standard InChI is InChI=1S/C6H14O2.Co/c1-4-7-6(3)8-5-2;/h6H,4-5H2,1-3H3;. The van der Waals surface area contributed by atoms with E-state index in [4.69, 9.17) is 9.47 Å². The van der Waals surface area contributed by atoms with Crippen LogP contribution in [0.1, 0.15) is 20.8 Å². The zero-order chi connectivity index (χ0) is 6.41. The molecule has 0 N–H and O–H groups in total. The average molecular weight is 177 g/mol. The second-order valence-corrected chi connectivity index (χ2v) is 1.48. The summed E-state index contributed by atoms with van der Waals surface area (Å²) in [5.74, 6) is 0. The first-order valence-electron chi connectivity index (χ1n) is 3.04. The van der Waals surface area contributed by atoms with Gasteiger partial charge in [-0.3, -0.25) is 0 Å². The summed E-state index contributed by atoms with van der Waals surface area (Å²) in [4.78, 5) is 0. The molecular formula is C6H14CoO2. The third-order valence-electron chi connectivity index (χ3n) is 0.803. The molecule has 59 valence electrons. The van der Waals surface area contributed by atoms with Gasteiger partial charge in [0.25, 0.3) is 0 Å². The van der Waals surface area contributed by atoms with Crippen molar-refractivity contribution in [3.05, 3.63) is 0 Å². The van der Waals surface area contributed by atoms with E-state index in [0.29, 0.717) is 0 Å². The second kappa shape index (κ2) is 8.43. The molecular weight excluding hydrogens is 163 g/mol. The van der Waals surface area contributed by atoms with E-state index in [-0.39, 0.29) is 23.1 Å². The molecule has 1 radical (unpaired) electrons. The molecule has 0 spiro atoms. The van der Waals surface area contributed by atoms with Crippen molar-refractivity contribution >= 4 is 0 Å². The van der Waals surface area contributed by atoms with Gasteiger partial charge in [-0.2, -0.15) is 0 Å². The molecule has 0 heterocycles. The molecule has 2 nitrogen and oxygen atoms in total. The Labute approximate surface area is 67.1 Å². The molecule has 0 fully saturated rings. The van der Waals surface area contributed by atoms with E-state index in [1.54, 1.807) is 0 Å². The van der Waals surface area contributed by atoms with Crippen molar-refractivity contribution in [2.75, 3.05) is 13.2 Å². The summed E-state index contributed by atoms with van der Waals surface area (Å²) >= 11 is 0. The Hall–Kier alpha value is 0.426. The van der Waals surface area contributed by atoms with Gasteiger partial charge >= 0.3 is 0 Å². The van der Waals surface area contributed by atoms with Gasteiger partial charge in [-0.1, -0.05) is 0 Å². The Bertz CT molecular complexity index is 44.3. The summed E-state index contributed by atoms with van der Waals surface area (Å²) in [5, 5.41) is 0. The molecule has 3 heteroatoms. The molecule has 0 aliphatic carbocycles. The van der Waals surface area contributed by atoms with Gasteiger partial charge < -0.3 is 9.47 Å². The van der Waals surface area contributed by atoms with Crippen LogP contribution in [0.3, 0.4) is 0 Å². The van der Waals surface area contributed by atoms with E-state index in [0.717, 1.165) is 13.2 Å². The molecule has 0 amide bonds. The third-order valence-corrected chi connectivity index (χ3v) is 0.803. The predicted molar refractivity (Wildman–Crippen MR) is 32.7 cm³/mol. The van der Waals surface area contributed by atoms with Crippen molar-refractivity contribution in [2.24, 2.45) is 0 Å². The van der Waals surface area contributed by atoms with Crippen LogP contribution in [0.2, 0.25) is 0 Å².